The highest BCUT2D eigenvalue weighted by atomic mass is 32.2. The van der Waals surface area contributed by atoms with Crippen LogP contribution in [-0.4, -0.2) is 38.5 Å². The Kier molecular flexibility index (Phi) is 5.20. The maximum Gasteiger partial charge on any atom is 0.191 e. The lowest BCUT2D eigenvalue weighted by atomic mass is 9.97. The second kappa shape index (κ2) is 7.33. The first kappa shape index (κ1) is 15.6. The van der Waals surface area contributed by atoms with E-state index in [1.165, 1.54) is 12.8 Å². The lowest BCUT2D eigenvalue weighted by molar-refractivity contribution is 0.181. The maximum absolute atomic E-state index is 5.48. The van der Waals surface area contributed by atoms with Gasteiger partial charge in [0.05, 0.1) is 12.8 Å². The Morgan fingerprint density at radius 3 is 3.00 bits per heavy atom. The quantitative estimate of drug-likeness (QED) is 0.764. The summed E-state index contributed by atoms with van der Waals surface area (Å²) >= 11 is 1.78. The van der Waals surface area contributed by atoms with Crippen LogP contribution in [0.2, 0.25) is 0 Å². The van der Waals surface area contributed by atoms with Crippen molar-refractivity contribution in [3.05, 3.63) is 30.0 Å². The molecule has 0 aromatic carbocycles. The molecule has 0 aliphatic carbocycles. The van der Waals surface area contributed by atoms with Gasteiger partial charge < -0.3 is 8.98 Å². The number of aromatic nitrogens is 3. The molecule has 22 heavy (non-hydrogen) atoms. The van der Waals surface area contributed by atoms with Crippen molar-refractivity contribution in [1.29, 1.82) is 0 Å². The van der Waals surface area contributed by atoms with Crippen molar-refractivity contribution < 1.29 is 4.42 Å². The van der Waals surface area contributed by atoms with Crippen molar-refractivity contribution in [3.63, 3.8) is 0 Å². The van der Waals surface area contributed by atoms with Gasteiger partial charge in [-0.3, -0.25) is 4.90 Å². The highest BCUT2D eigenvalue weighted by Gasteiger charge is 2.26. The summed E-state index contributed by atoms with van der Waals surface area (Å²) < 4.78 is 7.77. The topological polar surface area (TPSA) is 47.1 Å². The van der Waals surface area contributed by atoms with Crippen LogP contribution < -0.4 is 0 Å². The van der Waals surface area contributed by atoms with Crippen molar-refractivity contribution in [2.24, 2.45) is 0 Å². The third kappa shape index (κ3) is 3.38. The maximum atomic E-state index is 5.48. The van der Waals surface area contributed by atoms with Gasteiger partial charge in [-0.2, -0.15) is 0 Å². The molecule has 0 spiro atoms. The number of piperidine rings is 1. The predicted molar refractivity (Wildman–Crippen MR) is 88.1 cm³/mol. The van der Waals surface area contributed by atoms with Crippen LogP contribution >= 0.6 is 11.8 Å². The van der Waals surface area contributed by atoms with Crippen LogP contribution in [-0.2, 0) is 13.1 Å². The minimum absolute atomic E-state index is 0.474. The van der Waals surface area contributed by atoms with E-state index in [-0.39, 0.29) is 0 Å². The van der Waals surface area contributed by atoms with Gasteiger partial charge in [0.2, 0.25) is 0 Å². The fraction of sp³-hybridized carbons (Fsp3) is 0.625. The highest BCUT2D eigenvalue weighted by molar-refractivity contribution is 7.99. The van der Waals surface area contributed by atoms with Crippen molar-refractivity contribution in [3.8, 4) is 0 Å². The molecule has 1 fully saturated rings. The second-order valence-electron chi connectivity index (χ2n) is 5.67. The Morgan fingerprint density at radius 2 is 2.27 bits per heavy atom. The van der Waals surface area contributed by atoms with Gasteiger partial charge in [0.25, 0.3) is 0 Å². The monoisotopic (exact) mass is 320 g/mol. The summed E-state index contributed by atoms with van der Waals surface area (Å²) in [6, 6.07) is 4.01. The summed E-state index contributed by atoms with van der Waals surface area (Å²) in [5, 5.41) is 9.95. The number of rotatable bonds is 6. The van der Waals surface area contributed by atoms with Crippen molar-refractivity contribution in [2.45, 2.75) is 50.9 Å². The van der Waals surface area contributed by atoms with E-state index in [4.69, 9.17) is 4.42 Å². The Hall–Kier alpha value is -1.27. The molecule has 3 heterocycles. The normalized spacial score (nSPS) is 19.6. The van der Waals surface area contributed by atoms with Crippen molar-refractivity contribution in [2.75, 3.05) is 18.8 Å². The Bertz CT molecular complexity index is 581. The molecule has 0 radical (unpaired) electrons. The van der Waals surface area contributed by atoms with Crippen LogP contribution in [0.5, 0.6) is 0 Å². The van der Waals surface area contributed by atoms with Crippen LogP contribution in [0.4, 0.5) is 0 Å². The Labute approximate surface area is 136 Å². The van der Waals surface area contributed by atoms with Gasteiger partial charge in [0, 0.05) is 19.0 Å². The summed E-state index contributed by atoms with van der Waals surface area (Å²) in [4.78, 5) is 2.47. The predicted octanol–water partition coefficient (Wildman–Crippen LogP) is 3.38. The molecule has 5 nitrogen and oxygen atoms in total. The first-order valence-electron chi connectivity index (χ1n) is 8.12. The number of likely N-dealkylation sites (tertiary alicyclic amines) is 1. The largest absolute Gasteiger partial charge is 0.468 e. The summed E-state index contributed by atoms with van der Waals surface area (Å²) in [6.45, 7) is 8.34. The molecule has 1 atom stereocenters. The van der Waals surface area contributed by atoms with Gasteiger partial charge in [-0.05, 0) is 44.2 Å². The molecule has 1 saturated heterocycles. The van der Waals surface area contributed by atoms with Crippen molar-refractivity contribution in [1.82, 2.24) is 19.7 Å². The first-order valence-corrected chi connectivity index (χ1v) is 9.11. The molecule has 0 amide bonds. The Balaban J connectivity index is 1.71. The molecule has 2 aromatic rings. The van der Waals surface area contributed by atoms with E-state index >= 15 is 0 Å². The molecule has 1 aliphatic rings. The molecular formula is C16H24N4OS. The molecule has 6 heteroatoms. The molecule has 0 unspecified atom stereocenters. The van der Waals surface area contributed by atoms with Crippen LogP contribution in [0.25, 0.3) is 0 Å². The summed E-state index contributed by atoms with van der Waals surface area (Å²) in [7, 11) is 0. The third-order valence-electron chi connectivity index (χ3n) is 4.17. The average Bonchev–Trinajstić information content (AvgIpc) is 3.17. The van der Waals surface area contributed by atoms with E-state index in [2.05, 4.69) is 33.5 Å². The highest BCUT2D eigenvalue weighted by Crippen LogP contribution is 2.29. The molecule has 0 bridgehead atoms. The van der Waals surface area contributed by atoms with Crippen LogP contribution in [0.1, 0.15) is 44.2 Å². The number of thioether (sulfide) groups is 1. The molecule has 3 rings (SSSR count). The van der Waals surface area contributed by atoms with E-state index in [1.54, 1.807) is 18.0 Å². The van der Waals surface area contributed by atoms with E-state index in [0.717, 1.165) is 48.7 Å². The zero-order valence-electron chi connectivity index (χ0n) is 13.4. The lowest BCUT2D eigenvalue weighted by Crippen LogP contribution is -2.34. The van der Waals surface area contributed by atoms with Gasteiger partial charge in [-0.15, -0.1) is 10.2 Å². The number of hydrogen-bond donors (Lipinski definition) is 0. The van der Waals surface area contributed by atoms with Gasteiger partial charge in [0.1, 0.15) is 11.6 Å². The first-order chi connectivity index (χ1) is 10.8. The van der Waals surface area contributed by atoms with Gasteiger partial charge in [0.15, 0.2) is 5.16 Å². The fourth-order valence-corrected chi connectivity index (χ4v) is 3.90. The standard InChI is InChI=1S/C16H24N4OS/c1-3-20-15(17-18-16(20)22-4-2)13-7-5-9-19(11-13)12-14-8-6-10-21-14/h6,8,10,13H,3-5,7,9,11-12H2,1-2H3/t13-/m1/s1. The SMILES string of the molecule is CCSc1nnc([C@@H]2CCCN(Cc3ccco3)C2)n1CC. The second-order valence-corrected chi connectivity index (χ2v) is 6.90. The number of hydrogen-bond acceptors (Lipinski definition) is 5. The van der Waals surface area contributed by atoms with E-state index < -0.39 is 0 Å². The lowest BCUT2D eigenvalue weighted by Gasteiger charge is -2.31. The van der Waals surface area contributed by atoms with Crippen LogP contribution in [0, 0.1) is 0 Å². The third-order valence-corrected chi connectivity index (χ3v) is 5.01. The molecule has 2 aromatic heterocycles. The number of furan rings is 1. The van der Waals surface area contributed by atoms with E-state index in [0.29, 0.717) is 5.92 Å². The molecule has 0 N–H and O–H groups in total. The smallest absolute Gasteiger partial charge is 0.191 e. The zero-order valence-corrected chi connectivity index (χ0v) is 14.2. The van der Waals surface area contributed by atoms with Gasteiger partial charge in [-0.25, -0.2) is 0 Å². The van der Waals surface area contributed by atoms with E-state index in [9.17, 15) is 0 Å². The van der Waals surface area contributed by atoms with Gasteiger partial charge >= 0.3 is 0 Å². The molecule has 0 saturated carbocycles. The van der Waals surface area contributed by atoms with Gasteiger partial charge in [-0.1, -0.05) is 18.7 Å². The van der Waals surface area contributed by atoms with Crippen LogP contribution in [0.15, 0.2) is 28.0 Å². The molecular weight excluding hydrogens is 296 g/mol. The number of nitrogens with zero attached hydrogens (tertiary/aromatic N) is 4. The Morgan fingerprint density at radius 1 is 1.36 bits per heavy atom. The summed E-state index contributed by atoms with van der Waals surface area (Å²) in [6.07, 6.45) is 4.15. The fourth-order valence-electron chi connectivity index (χ4n) is 3.17. The molecule has 1 aliphatic heterocycles. The average molecular weight is 320 g/mol. The summed E-state index contributed by atoms with van der Waals surface area (Å²) in [5.74, 6) is 3.71. The van der Waals surface area contributed by atoms with Crippen LogP contribution in [0.3, 0.4) is 0 Å². The zero-order chi connectivity index (χ0) is 15.4. The van der Waals surface area contributed by atoms with Crippen molar-refractivity contribution >= 4 is 11.8 Å². The minimum Gasteiger partial charge on any atom is -0.468 e. The molecule has 120 valence electrons. The van der Waals surface area contributed by atoms with E-state index in [1.807, 2.05) is 12.1 Å². The minimum atomic E-state index is 0.474. The summed E-state index contributed by atoms with van der Waals surface area (Å²) in [5.41, 5.74) is 0.